The first-order valence-corrected chi connectivity index (χ1v) is 9.00. The van der Waals surface area contributed by atoms with Crippen molar-refractivity contribution in [2.45, 2.75) is 6.42 Å². The molecule has 0 amide bonds. The highest BCUT2D eigenvalue weighted by Gasteiger charge is 2.16. The first-order valence-electron chi connectivity index (χ1n) is 8.12. The maximum Gasteiger partial charge on any atom is 0.266 e. The molecule has 0 bridgehead atoms. The monoisotopic (exact) mass is 350 g/mol. The van der Waals surface area contributed by atoms with Crippen LogP contribution in [0.5, 0.6) is 5.75 Å². The average Bonchev–Trinajstić information content (AvgIpc) is 3.12. The first-order chi connectivity index (χ1) is 12.2. The van der Waals surface area contributed by atoms with E-state index in [1.165, 1.54) is 16.9 Å². The van der Waals surface area contributed by atoms with Crippen LogP contribution < -0.4 is 16.0 Å². The van der Waals surface area contributed by atoms with Crippen LogP contribution in [0.3, 0.4) is 0 Å². The van der Waals surface area contributed by atoms with Gasteiger partial charge in [-0.1, -0.05) is 24.3 Å². The van der Waals surface area contributed by atoms with Crippen molar-refractivity contribution in [2.75, 3.05) is 13.7 Å². The molecule has 0 atom stereocenters. The third-order valence-electron chi connectivity index (χ3n) is 4.42. The van der Waals surface area contributed by atoms with Gasteiger partial charge < -0.3 is 15.5 Å². The van der Waals surface area contributed by atoms with E-state index < -0.39 is 0 Å². The second-order valence-corrected chi connectivity index (χ2v) is 6.84. The SMILES string of the molecule is COc1ccc2[nH]c(=O)c3sccc3c2c1-c1cccc(CCN)c1. The number of aromatic amines is 1. The number of fused-ring (bicyclic) bond motifs is 3. The Morgan fingerprint density at radius 1 is 1.20 bits per heavy atom. The van der Waals surface area contributed by atoms with Gasteiger partial charge in [-0.15, -0.1) is 11.3 Å². The second-order valence-electron chi connectivity index (χ2n) is 5.92. The summed E-state index contributed by atoms with van der Waals surface area (Å²) in [6.45, 7) is 0.609. The van der Waals surface area contributed by atoms with Gasteiger partial charge in [0.2, 0.25) is 0 Å². The van der Waals surface area contributed by atoms with E-state index in [9.17, 15) is 4.79 Å². The molecule has 2 aromatic carbocycles. The molecule has 0 aliphatic carbocycles. The summed E-state index contributed by atoms with van der Waals surface area (Å²) in [7, 11) is 1.67. The van der Waals surface area contributed by atoms with Gasteiger partial charge in [-0.25, -0.2) is 0 Å². The molecule has 0 spiro atoms. The standard InChI is InChI=1S/C20H18N2O2S/c1-24-16-6-5-15-18(14-8-10-25-19(14)20(23)22-15)17(16)13-4-2-3-12(11-13)7-9-21/h2-6,8,10-11H,7,9,21H2,1H3,(H,22,23). The van der Waals surface area contributed by atoms with Gasteiger partial charge in [0.15, 0.2) is 0 Å². The third kappa shape index (κ3) is 2.62. The fourth-order valence-corrected chi connectivity index (χ4v) is 4.13. The van der Waals surface area contributed by atoms with E-state index in [-0.39, 0.29) is 5.56 Å². The van der Waals surface area contributed by atoms with E-state index in [2.05, 4.69) is 23.2 Å². The van der Waals surface area contributed by atoms with Gasteiger partial charge in [0, 0.05) is 21.9 Å². The summed E-state index contributed by atoms with van der Waals surface area (Å²) < 4.78 is 6.39. The summed E-state index contributed by atoms with van der Waals surface area (Å²) in [4.78, 5) is 15.3. The molecule has 0 aliphatic heterocycles. The highest BCUT2D eigenvalue weighted by atomic mass is 32.1. The zero-order valence-electron chi connectivity index (χ0n) is 13.8. The van der Waals surface area contributed by atoms with E-state index in [1.807, 2.05) is 29.6 Å². The minimum Gasteiger partial charge on any atom is -0.496 e. The van der Waals surface area contributed by atoms with Crippen molar-refractivity contribution in [3.63, 3.8) is 0 Å². The lowest BCUT2D eigenvalue weighted by Crippen LogP contribution is -2.05. The molecule has 0 saturated carbocycles. The molecular weight excluding hydrogens is 332 g/mol. The van der Waals surface area contributed by atoms with Crippen molar-refractivity contribution in [2.24, 2.45) is 5.73 Å². The van der Waals surface area contributed by atoms with Crippen LogP contribution in [-0.2, 0) is 6.42 Å². The Bertz CT molecular complexity index is 1130. The van der Waals surface area contributed by atoms with Crippen LogP contribution in [0.15, 0.2) is 52.6 Å². The molecule has 2 aromatic heterocycles. The number of pyridine rings is 1. The lowest BCUT2D eigenvalue weighted by Gasteiger charge is -2.14. The predicted molar refractivity (Wildman–Crippen MR) is 105 cm³/mol. The van der Waals surface area contributed by atoms with Gasteiger partial charge in [0.05, 0.1) is 7.11 Å². The zero-order valence-corrected chi connectivity index (χ0v) is 14.7. The molecule has 0 unspecified atom stereocenters. The molecule has 3 N–H and O–H groups in total. The van der Waals surface area contributed by atoms with Gasteiger partial charge >= 0.3 is 0 Å². The van der Waals surface area contributed by atoms with Crippen LogP contribution in [0, 0.1) is 0 Å². The quantitative estimate of drug-likeness (QED) is 0.586. The molecule has 0 saturated heterocycles. The molecule has 4 nitrogen and oxygen atoms in total. The Morgan fingerprint density at radius 2 is 2.08 bits per heavy atom. The van der Waals surface area contributed by atoms with Crippen molar-refractivity contribution < 1.29 is 4.74 Å². The molecule has 4 aromatic rings. The lowest BCUT2D eigenvalue weighted by atomic mass is 9.95. The number of nitrogens with one attached hydrogen (secondary N) is 1. The number of aromatic nitrogens is 1. The Labute approximate surface area is 148 Å². The van der Waals surface area contributed by atoms with E-state index in [1.54, 1.807) is 7.11 Å². The normalized spacial score (nSPS) is 11.3. The van der Waals surface area contributed by atoms with Crippen molar-refractivity contribution in [1.82, 2.24) is 4.98 Å². The second kappa shape index (κ2) is 6.35. The molecule has 5 heteroatoms. The number of benzene rings is 2. The average molecular weight is 350 g/mol. The number of rotatable bonds is 4. The number of methoxy groups -OCH3 is 1. The largest absolute Gasteiger partial charge is 0.496 e. The fourth-order valence-electron chi connectivity index (χ4n) is 3.33. The number of thiophene rings is 1. The molecule has 0 fully saturated rings. The van der Waals surface area contributed by atoms with E-state index in [4.69, 9.17) is 10.5 Å². The zero-order chi connectivity index (χ0) is 17.4. The smallest absolute Gasteiger partial charge is 0.266 e. The summed E-state index contributed by atoms with van der Waals surface area (Å²) in [5, 5.41) is 3.93. The van der Waals surface area contributed by atoms with Crippen LogP contribution in [0.2, 0.25) is 0 Å². The van der Waals surface area contributed by atoms with Crippen molar-refractivity contribution in [1.29, 1.82) is 0 Å². The van der Waals surface area contributed by atoms with E-state index in [0.717, 1.165) is 44.3 Å². The van der Waals surface area contributed by atoms with Crippen LogP contribution in [0.25, 0.3) is 32.1 Å². The van der Waals surface area contributed by atoms with Crippen LogP contribution in [-0.4, -0.2) is 18.6 Å². The topological polar surface area (TPSA) is 68.1 Å². The minimum absolute atomic E-state index is 0.0505. The number of ether oxygens (including phenoxy) is 1. The van der Waals surface area contributed by atoms with Crippen molar-refractivity contribution in [3.05, 3.63) is 63.8 Å². The maximum atomic E-state index is 12.3. The molecule has 0 radical (unpaired) electrons. The van der Waals surface area contributed by atoms with Gasteiger partial charge in [0.1, 0.15) is 10.4 Å². The molecule has 0 aliphatic rings. The Balaban J connectivity index is 2.12. The fraction of sp³-hybridized carbons (Fsp3) is 0.150. The Morgan fingerprint density at radius 3 is 2.88 bits per heavy atom. The molecule has 2 heterocycles. The van der Waals surface area contributed by atoms with Crippen LogP contribution in [0.1, 0.15) is 5.56 Å². The summed E-state index contributed by atoms with van der Waals surface area (Å²) in [5.74, 6) is 0.789. The summed E-state index contributed by atoms with van der Waals surface area (Å²) in [5.41, 5.74) is 9.72. The maximum absolute atomic E-state index is 12.3. The molecule has 25 heavy (non-hydrogen) atoms. The number of hydrogen-bond acceptors (Lipinski definition) is 4. The van der Waals surface area contributed by atoms with Crippen molar-refractivity contribution in [3.8, 4) is 16.9 Å². The van der Waals surface area contributed by atoms with E-state index in [0.29, 0.717) is 6.54 Å². The van der Waals surface area contributed by atoms with Crippen LogP contribution in [0.4, 0.5) is 0 Å². The van der Waals surface area contributed by atoms with E-state index >= 15 is 0 Å². The summed E-state index contributed by atoms with van der Waals surface area (Å²) in [6.07, 6.45) is 0.825. The number of nitrogens with two attached hydrogens (primary N) is 1. The molecule has 126 valence electrons. The first kappa shape index (κ1) is 15.9. The van der Waals surface area contributed by atoms with Gasteiger partial charge in [0.25, 0.3) is 5.56 Å². The molecular formula is C20H18N2O2S. The summed E-state index contributed by atoms with van der Waals surface area (Å²) >= 11 is 1.46. The highest BCUT2D eigenvalue weighted by Crippen LogP contribution is 2.40. The van der Waals surface area contributed by atoms with Gasteiger partial charge in [-0.05, 0) is 47.7 Å². The minimum atomic E-state index is -0.0505. The number of hydrogen-bond donors (Lipinski definition) is 2. The van der Waals surface area contributed by atoms with Gasteiger partial charge in [-0.3, -0.25) is 4.79 Å². The molecule has 4 rings (SSSR count). The number of H-pyrrole nitrogens is 1. The highest BCUT2D eigenvalue weighted by molar-refractivity contribution is 7.17. The Kier molecular flexibility index (Phi) is 4.03. The lowest BCUT2D eigenvalue weighted by molar-refractivity contribution is 0.417. The van der Waals surface area contributed by atoms with Gasteiger partial charge in [-0.2, -0.15) is 0 Å². The predicted octanol–water partition coefficient (Wildman–Crippen LogP) is 3.92. The van der Waals surface area contributed by atoms with Crippen LogP contribution >= 0.6 is 11.3 Å². The summed E-state index contributed by atoms with van der Waals surface area (Å²) in [6, 6.07) is 14.1. The third-order valence-corrected chi connectivity index (χ3v) is 5.34. The Hall–Kier alpha value is -2.63. The van der Waals surface area contributed by atoms with Crippen molar-refractivity contribution >= 4 is 32.3 Å².